The van der Waals surface area contributed by atoms with Crippen LogP contribution in [0.15, 0.2) is 0 Å². The summed E-state index contributed by atoms with van der Waals surface area (Å²) in [5.41, 5.74) is 5.07. The third kappa shape index (κ3) is 3.95. The van der Waals surface area contributed by atoms with Gasteiger partial charge in [-0.3, -0.25) is 4.79 Å². The van der Waals surface area contributed by atoms with Crippen molar-refractivity contribution in [1.82, 2.24) is 10.2 Å². The highest BCUT2D eigenvalue weighted by Gasteiger charge is 2.37. The van der Waals surface area contributed by atoms with Gasteiger partial charge in [-0.2, -0.15) is 0 Å². The average Bonchev–Trinajstić information content (AvgIpc) is 3.20. The van der Waals surface area contributed by atoms with Gasteiger partial charge in [-0.15, -0.1) is 0 Å². The average molecular weight is 281 g/mol. The third-order valence-electron chi connectivity index (χ3n) is 5.24. The van der Waals surface area contributed by atoms with E-state index in [1.165, 1.54) is 38.5 Å². The number of nitrogens with zero attached hydrogens (tertiary/aromatic N) is 1. The Morgan fingerprint density at radius 1 is 1.30 bits per heavy atom. The van der Waals surface area contributed by atoms with E-state index in [0.717, 1.165) is 18.9 Å². The zero-order valence-electron chi connectivity index (χ0n) is 13.3. The highest BCUT2D eigenvalue weighted by Crippen LogP contribution is 2.28. The molecule has 3 unspecified atom stereocenters. The van der Waals surface area contributed by atoms with Crippen molar-refractivity contribution in [2.75, 3.05) is 13.6 Å². The van der Waals surface area contributed by atoms with E-state index in [1.807, 2.05) is 6.92 Å². The maximum atomic E-state index is 11.8. The first-order valence-corrected chi connectivity index (χ1v) is 8.20. The van der Waals surface area contributed by atoms with Crippen molar-refractivity contribution in [3.8, 4) is 0 Å². The Labute approximate surface area is 123 Å². The van der Waals surface area contributed by atoms with Gasteiger partial charge in [0.05, 0.1) is 5.54 Å². The summed E-state index contributed by atoms with van der Waals surface area (Å²) in [6.07, 6.45) is 8.50. The summed E-state index contributed by atoms with van der Waals surface area (Å²) < 4.78 is 0. The number of nitrogens with one attached hydrogen (secondary N) is 1. The van der Waals surface area contributed by atoms with Gasteiger partial charge in [0.2, 0.25) is 5.91 Å². The number of carbonyl (C=O) groups excluding carboxylic acids is 1. The SMILES string of the molecule is CC1CCCCC1N(C)CCC(C)(NC1CC1)C(N)=O. The Hall–Kier alpha value is -0.610. The van der Waals surface area contributed by atoms with Gasteiger partial charge in [-0.25, -0.2) is 0 Å². The molecule has 1 amide bonds. The van der Waals surface area contributed by atoms with Crippen LogP contribution in [-0.4, -0.2) is 42.0 Å². The fourth-order valence-electron chi connectivity index (χ4n) is 3.46. The van der Waals surface area contributed by atoms with Crippen LogP contribution >= 0.6 is 0 Å². The number of hydrogen-bond donors (Lipinski definition) is 2. The van der Waals surface area contributed by atoms with Crippen molar-refractivity contribution in [2.24, 2.45) is 11.7 Å². The molecule has 0 aliphatic heterocycles. The summed E-state index contributed by atoms with van der Waals surface area (Å²) in [6, 6.07) is 1.17. The standard InChI is InChI=1S/C16H31N3O/c1-12-6-4-5-7-14(12)19(3)11-10-16(2,15(17)20)18-13-8-9-13/h12-14,18H,4-11H2,1-3H3,(H2,17,20). The Bertz CT molecular complexity index is 343. The first-order valence-electron chi connectivity index (χ1n) is 8.20. The van der Waals surface area contributed by atoms with E-state index in [1.54, 1.807) is 0 Å². The van der Waals surface area contributed by atoms with Gasteiger partial charge in [0.25, 0.3) is 0 Å². The molecular weight excluding hydrogens is 250 g/mol. The van der Waals surface area contributed by atoms with Gasteiger partial charge in [0.1, 0.15) is 0 Å². The molecule has 0 aromatic rings. The summed E-state index contributed by atoms with van der Waals surface area (Å²) in [7, 11) is 2.20. The zero-order chi connectivity index (χ0) is 14.8. The van der Waals surface area contributed by atoms with Crippen LogP contribution in [0, 0.1) is 5.92 Å². The molecule has 2 aliphatic rings. The Kier molecular flexibility index (Phi) is 5.08. The van der Waals surface area contributed by atoms with Crippen molar-refractivity contribution in [3.05, 3.63) is 0 Å². The summed E-state index contributed by atoms with van der Waals surface area (Å²) in [5, 5.41) is 3.44. The first kappa shape index (κ1) is 15.8. The molecule has 2 aliphatic carbocycles. The molecule has 2 fully saturated rings. The number of carbonyl (C=O) groups is 1. The summed E-state index contributed by atoms with van der Waals surface area (Å²) in [4.78, 5) is 14.2. The minimum absolute atomic E-state index is 0.213. The van der Waals surface area contributed by atoms with Crippen LogP contribution in [0.3, 0.4) is 0 Å². The van der Waals surface area contributed by atoms with E-state index in [9.17, 15) is 4.79 Å². The molecule has 20 heavy (non-hydrogen) atoms. The van der Waals surface area contributed by atoms with Crippen LogP contribution in [0.2, 0.25) is 0 Å². The highest BCUT2D eigenvalue weighted by molar-refractivity contribution is 5.84. The van der Waals surface area contributed by atoms with Crippen molar-refractivity contribution in [3.63, 3.8) is 0 Å². The second-order valence-corrected chi connectivity index (χ2v) is 7.17. The van der Waals surface area contributed by atoms with E-state index in [-0.39, 0.29) is 5.91 Å². The third-order valence-corrected chi connectivity index (χ3v) is 5.24. The van der Waals surface area contributed by atoms with E-state index in [4.69, 9.17) is 5.73 Å². The summed E-state index contributed by atoms with van der Waals surface area (Å²) in [5.74, 6) is 0.555. The van der Waals surface area contributed by atoms with Gasteiger partial charge >= 0.3 is 0 Å². The maximum Gasteiger partial charge on any atom is 0.237 e. The number of primary amides is 1. The monoisotopic (exact) mass is 281 g/mol. The van der Waals surface area contributed by atoms with Crippen LogP contribution in [0.1, 0.15) is 58.8 Å². The number of amides is 1. The molecule has 3 N–H and O–H groups in total. The van der Waals surface area contributed by atoms with Gasteiger partial charge in [-0.05, 0) is 52.0 Å². The first-order chi connectivity index (χ1) is 9.42. The van der Waals surface area contributed by atoms with E-state index in [0.29, 0.717) is 12.1 Å². The molecule has 0 heterocycles. The number of rotatable bonds is 7. The molecule has 0 bridgehead atoms. The molecule has 2 rings (SSSR count). The van der Waals surface area contributed by atoms with Crippen LogP contribution in [0.25, 0.3) is 0 Å². The molecule has 3 atom stereocenters. The predicted molar refractivity (Wildman–Crippen MR) is 82.4 cm³/mol. The molecule has 0 aromatic carbocycles. The van der Waals surface area contributed by atoms with Crippen molar-refractivity contribution in [1.29, 1.82) is 0 Å². The van der Waals surface area contributed by atoms with Crippen molar-refractivity contribution >= 4 is 5.91 Å². The lowest BCUT2D eigenvalue weighted by molar-refractivity contribution is -0.124. The fraction of sp³-hybridized carbons (Fsp3) is 0.938. The van der Waals surface area contributed by atoms with Gasteiger partial charge in [0, 0.05) is 18.6 Å². The second-order valence-electron chi connectivity index (χ2n) is 7.17. The van der Waals surface area contributed by atoms with E-state index >= 15 is 0 Å². The Balaban J connectivity index is 1.86. The van der Waals surface area contributed by atoms with Crippen molar-refractivity contribution in [2.45, 2.75) is 76.4 Å². The minimum atomic E-state index is -0.548. The molecule has 0 radical (unpaired) electrons. The molecule has 116 valence electrons. The van der Waals surface area contributed by atoms with Crippen molar-refractivity contribution < 1.29 is 4.79 Å². The zero-order valence-corrected chi connectivity index (χ0v) is 13.3. The fourth-order valence-corrected chi connectivity index (χ4v) is 3.46. The number of hydrogen-bond acceptors (Lipinski definition) is 3. The lowest BCUT2D eigenvalue weighted by atomic mass is 9.84. The molecule has 4 nitrogen and oxygen atoms in total. The molecule has 4 heteroatoms. The van der Waals surface area contributed by atoms with Gasteiger partial charge in [0.15, 0.2) is 0 Å². The van der Waals surface area contributed by atoms with E-state index in [2.05, 4.69) is 24.2 Å². The van der Waals surface area contributed by atoms with Gasteiger partial charge in [-0.1, -0.05) is 19.8 Å². The Morgan fingerprint density at radius 3 is 2.50 bits per heavy atom. The lowest BCUT2D eigenvalue weighted by Crippen LogP contribution is -2.56. The quantitative estimate of drug-likeness (QED) is 0.749. The summed E-state index contributed by atoms with van der Waals surface area (Å²) in [6.45, 7) is 5.26. The Morgan fingerprint density at radius 2 is 1.95 bits per heavy atom. The minimum Gasteiger partial charge on any atom is -0.368 e. The normalized spacial score (nSPS) is 30.2. The number of nitrogens with two attached hydrogens (primary N) is 1. The molecule has 2 saturated carbocycles. The van der Waals surface area contributed by atoms with Crippen LogP contribution in [0.5, 0.6) is 0 Å². The molecule has 0 saturated heterocycles. The predicted octanol–water partition coefficient (Wildman–Crippen LogP) is 1.88. The second kappa shape index (κ2) is 6.44. The largest absolute Gasteiger partial charge is 0.368 e. The molecule has 0 aromatic heterocycles. The molecular formula is C16H31N3O. The van der Waals surface area contributed by atoms with Crippen LogP contribution in [0.4, 0.5) is 0 Å². The maximum absolute atomic E-state index is 11.8. The smallest absolute Gasteiger partial charge is 0.237 e. The van der Waals surface area contributed by atoms with Crippen LogP contribution < -0.4 is 11.1 Å². The van der Waals surface area contributed by atoms with Gasteiger partial charge < -0.3 is 16.0 Å². The highest BCUT2D eigenvalue weighted by atomic mass is 16.1. The summed E-state index contributed by atoms with van der Waals surface area (Å²) >= 11 is 0. The lowest BCUT2D eigenvalue weighted by Gasteiger charge is -2.38. The topological polar surface area (TPSA) is 58.4 Å². The molecule has 0 spiro atoms. The van der Waals surface area contributed by atoms with E-state index < -0.39 is 5.54 Å². The van der Waals surface area contributed by atoms with Crippen LogP contribution in [-0.2, 0) is 4.79 Å².